The molecule has 148 valence electrons. The highest BCUT2D eigenvalue weighted by Gasteiger charge is 2.32. The van der Waals surface area contributed by atoms with Crippen LogP contribution in [0.15, 0.2) is 60.8 Å². The van der Waals surface area contributed by atoms with Crippen molar-refractivity contribution in [1.82, 2.24) is 10.3 Å². The number of hydrogen-bond acceptors (Lipinski definition) is 4. The van der Waals surface area contributed by atoms with Gasteiger partial charge in [0, 0.05) is 11.9 Å². The molecule has 0 bridgehead atoms. The molecule has 9 heteroatoms. The number of pyridine rings is 1. The first-order valence-corrected chi connectivity index (χ1v) is 8.86. The summed E-state index contributed by atoms with van der Waals surface area (Å²) in [4.78, 5) is 15.9. The summed E-state index contributed by atoms with van der Waals surface area (Å²) in [5.74, 6) is 0.0151. The maximum atomic E-state index is 12.7. The zero-order chi connectivity index (χ0) is 20.6. The molecule has 29 heavy (non-hydrogen) atoms. The summed E-state index contributed by atoms with van der Waals surface area (Å²) in [5, 5.41) is 5.84. The van der Waals surface area contributed by atoms with Gasteiger partial charge in [-0.15, -0.1) is 0 Å². The Kier molecular flexibility index (Phi) is 4.79. The van der Waals surface area contributed by atoms with Crippen molar-refractivity contribution in [3.8, 4) is 11.6 Å². The summed E-state index contributed by atoms with van der Waals surface area (Å²) in [6.45, 7) is 0. The lowest BCUT2D eigenvalue weighted by Gasteiger charge is -2.28. The van der Waals surface area contributed by atoms with E-state index in [2.05, 4.69) is 15.6 Å². The van der Waals surface area contributed by atoms with Gasteiger partial charge in [0.25, 0.3) is 5.91 Å². The number of nitrogens with one attached hydrogen (secondary N) is 2. The Morgan fingerprint density at radius 3 is 2.45 bits per heavy atom. The number of ether oxygens (including phenoxy) is 1. The normalized spacial score (nSPS) is 15.9. The van der Waals surface area contributed by atoms with Gasteiger partial charge in [0.15, 0.2) is 0 Å². The Hall–Kier alpha value is -3.26. The number of rotatable bonds is 3. The Bertz CT molecular complexity index is 1070. The molecule has 2 N–H and O–H groups in total. The summed E-state index contributed by atoms with van der Waals surface area (Å²) in [5.41, 5.74) is 1.10. The molecule has 2 aromatic carbocycles. The molecular weight excluding hydrogens is 407 g/mol. The minimum Gasteiger partial charge on any atom is -0.438 e. The Morgan fingerprint density at radius 2 is 1.76 bits per heavy atom. The number of alkyl halides is 3. The van der Waals surface area contributed by atoms with Crippen molar-refractivity contribution in [2.24, 2.45) is 0 Å². The number of aromatic nitrogens is 1. The van der Waals surface area contributed by atoms with Gasteiger partial charge in [-0.3, -0.25) is 4.79 Å². The average Bonchev–Trinajstić information content (AvgIpc) is 2.69. The molecule has 1 atom stereocenters. The van der Waals surface area contributed by atoms with E-state index >= 15 is 0 Å². The molecule has 0 unspecified atom stereocenters. The van der Waals surface area contributed by atoms with E-state index in [4.69, 9.17) is 16.3 Å². The highest BCUT2D eigenvalue weighted by molar-refractivity contribution is 6.31. The van der Waals surface area contributed by atoms with Gasteiger partial charge in [-0.2, -0.15) is 13.2 Å². The van der Waals surface area contributed by atoms with Crippen molar-refractivity contribution in [2.75, 3.05) is 5.32 Å². The number of carbonyl (C=O) groups is 1. The van der Waals surface area contributed by atoms with Gasteiger partial charge in [-0.1, -0.05) is 35.9 Å². The van der Waals surface area contributed by atoms with E-state index in [1.807, 2.05) is 12.1 Å². The molecule has 5 nitrogen and oxygen atoms in total. The maximum absolute atomic E-state index is 12.7. The Balaban J connectivity index is 1.50. The van der Waals surface area contributed by atoms with Crippen LogP contribution in [0.5, 0.6) is 11.6 Å². The first kappa shape index (κ1) is 19.1. The standard InChI is InChI=1S/C20H13ClF3N3O2/c21-15-9-12(20(22,23)24)10-25-19(15)29-13-7-5-11(6-8-13)17-26-16-4-2-1-3-14(16)18(28)27-17/h1-10,17,26H,(H,27,28)/t17-/m1/s1. The monoisotopic (exact) mass is 419 g/mol. The van der Waals surface area contributed by atoms with Crippen molar-refractivity contribution in [2.45, 2.75) is 12.3 Å². The number of nitrogens with zero attached hydrogens (tertiary/aromatic N) is 1. The predicted molar refractivity (Wildman–Crippen MR) is 101 cm³/mol. The van der Waals surface area contributed by atoms with Gasteiger partial charge in [0.1, 0.15) is 16.9 Å². The number of para-hydroxylation sites is 1. The zero-order valence-electron chi connectivity index (χ0n) is 14.6. The number of benzene rings is 2. The zero-order valence-corrected chi connectivity index (χ0v) is 15.4. The van der Waals surface area contributed by atoms with Crippen LogP contribution in [0.2, 0.25) is 5.02 Å². The lowest BCUT2D eigenvalue weighted by molar-refractivity contribution is -0.137. The first-order valence-electron chi connectivity index (χ1n) is 8.48. The van der Waals surface area contributed by atoms with Crippen LogP contribution in [0, 0.1) is 0 Å². The molecule has 1 amide bonds. The fourth-order valence-corrected chi connectivity index (χ4v) is 3.07. The third-order valence-corrected chi connectivity index (χ3v) is 4.58. The number of anilines is 1. The highest BCUT2D eigenvalue weighted by Crippen LogP contribution is 2.35. The molecule has 0 saturated carbocycles. The molecule has 0 aliphatic carbocycles. The van der Waals surface area contributed by atoms with Gasteiger partial charge >= 0.3 is 6.18 Å². The summed E-state index contributed by atoms with van der Waals surface area (Å²) < 4.78 is 43.6. The van der Waals surface area contributed by atoms with E-state index in [9.17, 15) is 18.0 Å². The second-order valence-corrected chi connectivity index (χ2v) is 6.68. The second kappa shape index (κ2) is 7.29. The molecule has 0 spiro atoms. The van der Waals surface area contributed by atoms with E-state index in [-0.39, 0.29) is 16.8 Å². The third-order valence-electron chi connectivity index (χ3n) is 4.31. The van der Waals surface area contributed by atoms with Crippen LogP contribution < -0.4 is 15.4 Å². The molecule has 3 aromatic rings. The topological polar surface area (TPSA) is 63.2 Å². The van der Waals surface area contributed by atoms with E-state index in [0.717, 1.165) is 17.3 Å². The number of fused-ring (bicyclic) bond motifs is 1. The molecule has 0 saturated heterocycles. The lowest BCUT2D eigenvalue weighted by atomic mass is 10.1. The van der Waals surface area contributed by atoms with Gasteiger partial charge in [-0.05, 0) is 35.9 Å². The van der Waals surface area contributed by atoms with Crippen LogP contribution in [0.25, 0.3) is 0 Å². The fourth-order valence-electron chi connectivity index (χ4n) is 2.87. The van der Waals surface area contributed by atoms with E-state index in [1.165, 1.54) is 0 Å². The quantitative estimate of drug-likeness (QED) is 0.596. The number of carbonyl (C=O) groups excluding carboxylic acids is 1. The molecule has 0 fully saturated rings. The molecule has 1 aromatic heterocycles. The van der Waals surface area contributed by atoms with Gasteiger partial charge in [0.05, 0.1) is 11.1 Å². The van der Waals surface area contributed by atoms with Crippen molar-refractivity contribution < 1.29 is 22.7 Å². The maximum Gasteiger partial charge on any atom is 0.417 e. The molecule has 2 heterocycles. The lowest BCUT2D eigenvalue weighted by Crippen LogP contribution is -2.38. The van der Waals surface area contributed by atoms with Crippen LogP contribution in [0.4, 0.5) is 18.9 Å². The van der Waals surface area contributed by atoms with Crippen LogP contribution in [0.1, 0.15) is 27.7 Å². The van der Waals surface area contributed by atoms with Crippen LogP contribution in [0.3, 0.4) is 0 Å². The van der Waals surface area contributed by atoms with Crippen molar-refractivity contribution in [3.63, 3.8) is 0 Å². The minimum atomic E-state index is -4.53. The van der Waals surface area contributed by atoms with Crippen LogP contribution in [-0.2, 0) is 6.18 Å². The largest absolute Gasteiger partial charge is 0.438 e. The summed E-state index contributed by atoms with van der Waals surface area (Å²) in [7, 11) is 0. The summed E-state index contributed by atoms with van der Waals surface area (Å²) in [6.07, 6.45) is -4.30. The smallest absolute Gasteiger partial charge is 0.417 e. The van der Waals surface area contributed by atoms with E-state index in [0.29, 0.717) is 17.5 Å². The van der Waals surface area contributed by atoms with Crippen molar-refractivity contribution >= 4 is 23.2 Å². The minimum absolute atomic E-state index is 0.134. The average molecular weight is 420 g/mol. The predicted octanol–water partition coefficient (Wildman–Crippen LogP) is 5.40. The SMILES string of the molecule is O=C1N[C@H](c2ccc(Oc3ncc(C(F)(F)F)cc3Cl)cc2)Nc2ccccc21. The van der Waals surface area contributed by atoms with E-state index < -0.39 is 17.9 Å². The van der Waals surface area contributed by atoms with Crippen molar-refractivity contribution in [1.29, 1.82) is 0 Å². The summed E-state index contributed by atoms with van der Waals surface area (Å²) >= 11 is 5.86. The number of amides is 1. The molecular formula is C20H13ClF3N3O2. The Labute approximate surface area is 168 Å². The van der Waals surface area contributed by atoms with Crippen LogP contribution >= 0.6 is 11.6 Å². The number of halogens is 4. The Morgan fingerprint density at radius 1 is 1.03 bits per heavy atom. The van der Waals surface area contributed by atoms with Gasteiger partial charge in [-0.25, -0.2) is 4.98 Å². The fraction of sp³-hybridized carbons (Fsp3) is 0.100. The van der Waals surface area contributed by atoms with Gasteiger partial charge < -0.3 is 15.4 Å². The van der Waals surface area contributed by atoms with Crippen LogP contribution in [-0.4, -0.2) is 10.9 Å². The van der Waals surface area contributed by atoms with Gasteiger partial charge in [0.2, 0.25) is 5.88 Å². The summed E-state index contributed by atoms with van der Waals surface area (Å²) in [6, 6.07) is 14.6. The molecule has 1 aliphatic rings. The highest BCUT2D eigenvalue weighted by atomic mass is 35.5. The molecule has 0 radical (unpaired) electrons. The van der Waals surface area contributed by atoms with Crippen molar-refractivity contribution in [3.05, 3.63) is 82.5 Å². The first-order chi connectivity index (χ1) is 13.8. The second-order valence-electron chi connectivity index (χ2n) is 6.28. The molecule has 1 aliphatic heterocycles. The number of hydrogen-bond donors (Lipinski definition) is 2. The third kappa shape index (κ3) is 3.97. The van der Waals surface area contributed by atoms with E-state index in [1.54, 1.807) is 36.4 Å². The molecule has 4 rings (SSSR count).